The molecule has 18 heavy (non-hydrogen) atoms. The van der Waals surface area contributed by atoms with Crippen LogP contribution >= 0.6 is 11.6 Å². The molecule has 0 aliphatic heterocycles. The van der Waals surface area contributed by atoms with Crippen LogP contribution in [0.1, 0.15) is 31.9 Å². The van der Waals surface area contributed by atoms with Gasteiger partial charge in [-0.1, -0.05) is 29.8 Å². The van der Waals surface area contributed by atoms with E-state index in [9.17, 15) is 10.2 Å². The lowest BCUT2D eigenvalue weighted by Gasteiger charge is -2.34. The summed E-state index contributed by atoms with van der Waals surface area (Å²) in [7, 11) is 1.94. The van der Waals surface area contributed by atoms with Crippen molar-refractivity contribution in [2.45, 2.75) is 31.9 Å². The van der Waals surface area contributed by atoms with E-state index in [1.165, 1.54) is 0 Å². The second-order valence-electron chi connectivity index (χ2n) is 5.22. The highest BCUT2D eigenvalue weighted by molar-refractivity contribution is 6.31. The van der Waals surface area contributed by atoms with Crippen LogP contribution in [-0.4, -0.2) is 40.9 Å². The van der Waals surface area contributed by atoms with E-state index in [1.54, 1.807) is 6.07 Å². The minimum Gasteiger partial charge on any atom is -0.394 e. The van der Waals surface area contributed by atoms with Gasteiger partial charge in [-0.25, -0.2) is 0 Å². The molecule has 0 radical (unpaired) electrons. The Morgan fingerprint density at radius 3 is 2.50 bits per heavy atom. The van der Waals surface area contributed by atoms with Gasteiger partial charge in [0.25, 0.3) is 0 Å². The first-order valence-corrected chi connectivity index (χ1v) is 6.51. The number of benzene rings is 1. The molecule has 0 spiro atoms. The fraction of sp³-hybridized carbons (Fsp3) is 0.571. The molecule has 102 valence electrons. The molecule has 1 rings (SSSR count). The molecule has 0 amide bonds. The molecule has 2 N–H and O–H groups in total. The predicted octanol–water partition coefficient (Wildman–Crippen LogP) is 2.47. The molecule has 0 aromatic heterocycles. The predicted molar refractivity (Wildman–Crippen MR) is 74.8 cm³/mol. The third-order valence-corrected chi connectivity index (χ3v) is 3.77. The van der Waals surface area contributed by atoms with E-state index in [2.05, 4.69) is 0 Å². The Bertz CT molecular complexity index is 382. The molecule has 1 atom stereocenters. The highest BCUT2D eigenvalue weighted by Gasteiger charge is 2.23. The molecular weight excluding hydrogens is 250 g/mol. The van der Waals surface area contributed by atoms with Crippen molar-refractivity contribution in [2.24, 2.45) is 0 Å². The lowest BCUT2D eigenvalue weighted by Crippen LogP contribution is -2.44. The second-order valence-corrected chi connectivity index (χ2v) is 5.63. The summed E-state index contributed by atoms with van der Waals surface area (Å²) in [6.07, 6.45) is 0.0135. The molecule has 0 aliphatic carbocycles. The van der Waals surface area contributed by atoms with Crippen molar-refractivity contribution >= 4 is 11.6 Å². The summed E-state index contributed by atoms with van der Waals surface area (Å²) in [5, 5.41) is 20.0. The van der Waals surface area contributed by atoms with Crippen LogP contribution < -0.4 is 0 Å². The molecule has 0 saturated carbocycles. The lowest BCUT2D eigenvalue weighted by atomic mass is 10.0. The average molecular weight is 272 g/mol. The summed E-state index contributed by atoms with van der Waals surface area (Å²) in [4.78, 5) is 2.03. The highest BCUT2D eigenvalue weighted by atomic mass is 35.5. The molecular formula is C14H22ClNO2. The summed E-state index contributed by atoms with van der Waals surface area (Å²) >= 11 is 6.04. The maximum Gasteiger partial charge on any atom is 0.0816 e. The van der Waals surface area contributed by atoms with Gasteiger partial charge in [-0.2, -0.15) is 0 Å². The number of aliphatic hydroxyl groups excluding tert-OH is 2. The Balaban J connectivity index is 2.57. The van der Waals surface area contributed by atoms with Gasteiger partial charge in [0.2, 0.25) is 0 Å². The maximum atomic E-state index is 10.1. The minimum absolute atomic E-state index is 0.0890. The SMILES string of the molecule is CN(CCC(O)c1ccccc1Cl)C(C)(C)CO. The van der Waals surface area contributed by atoms with Crippen LogP contribution in [-0.2, 0) is 0 Å². The minimum atomic E-state index is -0.573. The van der Waals surface area contributed by atoms with E-state index >= 15 is 0 Å². The molecule has 0 fully saturated rings. The van der Waals surface area contributed by atoms with Gasteiger partial charge in [0.1, 0.15) is 0 Å². The Kier molecular flexibility index (Phi) is 5.60. The zero-order valence-corrected chi connectivity index (χ0v) is 12.0. The monoisotopic (exact) mass is 271 g/mol. The second kappa shape index (κ2) is 6.53. The van der Waals surface area contributed by atoms with Gasteiger partial charge in [0.15, 0.2) is 0 Å². The summed E-state index contributed by atoms with van der Waals surface area (Å²) in [6.45, 7) is 4.72. The van der Waals surface area contributed by atoms with Gasteiger partial charge in [-0.3, -0.25) is 4.90 Å². The van der Waals surface area contributed by atoms with Crippen molar-refractivity contribution < 1.29 is 10.2 Å². The number of halogens is 1. The highest BCUT2D eigenvalue weighted by Crippen LogP contribution is 2.25. The van der Waals surface area contributed by atoms with Crippen LogP contribution in [0.5, 0.6) is 0 Å². The van der Waals surface area contributed by atoms with E-state index in [0.29, 0.717) is 18.0 Å². The number of hydrogen-bond donors (Lipinski definition) is 2. The summed E-state index contributed by atoms with van der Waals surface area (Å²) in [5.74, 6) is 0. The number of aliphatic hydroxyl groups is 2. The first-order valence-electron chi connectivity index (χ1n) is 6.13. The van der Waals surface area contributed by atoms with E-state index in [1.807, 2.05) is 44.0 Å². The van der Waals surface area contributed by atoms with E-state index in [0.717, 1.165) is 5.56 Å². The van der Waals surface area contributed by atoms with Crippen LogP contribution in [0.4, 0.5) is 0 Å². The van der Waals surface area contributed by atoms with E-state index in [-0.39, 0.29) is 12.1 Å². The quantitative estimate of drug-likeness (QED) is 0.835. The van der Waals surface area contributed by atoms with Gasteiger partial charge in [-0.15, -0.1) is 0 Å². The Morgan fingerprint density at radius 1 is 1.33 bits per heavy atom. The Hall–Kier alpha value is -0.610. The van der Waals surface area contributed by atoms with Crippen LogP contribution in [0.15, 0.2) is 24.3 Å². The lowest BCUT2D eigenvalue weighted by molar-refractivity contribution is 0.0619. The fourth-order valence-electron chi connectivity index (χ4n) is 1.64. The number of likely N-dealkylation sites (N-methyl/N-ethyl adjacent to an activating group) is 1. The van der Waals surface area contributed by atoms with E-state index < -0.39 is 6.10 Å². The van der Waals surface area contributed by atoms with Gasteiger partial charge >= 0.3 is 0 Å². The van der Waals surface area contributed by atoms with Crippen LogP contribution in [0.3, 0.4) is 0 Å². The van der Waals surface area contributed by atoms with E-state index in [4.69, 9.17) is 11.6 Å². The van der Waals surface area contributed by atoms with Crippen molar-refractivity contribution in [3.63, 3.8) is 0 Å². The molecule has 1 unspecified atom stereocenters. The molecule has 4 heteroatoms. The summed E-state index contributed by atoms with van der Waals surface area (Å²) < 4.78 is 0. The van der Waals surface area contributed by atoms with Crippen LogP contribution in [0.2, 0.25) is 5.02 Å². The Labute approximate surface area is 114 Å². The largest absolute Gasteiger partial charge is 0.394 e. The topological polar surface area (TPSA) is 43.7 Å². The van der Waals surface area contributed by atoms with Crippen LogP contribution in [0.25, 0.3) is 0 Å². The maximum absolute atomic E-state index is 10.1. The van der Waals surface area contributed by atoms with Crippen molar-refractivity contribution in [3.8, 4) is 0 Å². The van der Waals surface area contributed by atoms with Gasteiger partial charge in [0.05, 0.1) is 12.7 Å². The van der Waals surface area contributed by atoms with Gasteiger partial charge in [-0.05, 0) is 38.9 Å². The first-order chi connectivity index (χ1) is 8.38. The number of hydrogen-bond acceptors (Lipinski definition) is 3. The average Bonchev–Trinajstić information content (AvgIpc) is 2.36. The van der Waals surface area contributed by atoms with Gasteiger partial charge < -0.3 is 10.2 Å². The standard InChI is InChI=1S/C14H22ClNO2/c1-14(2,10-17)16(3)9-8-13(18)11-6-4-5-7-12(11)15/h4-7,13,17-18H,8-10H2,1-3H3. The molecule has 1 aromatic rings. The zero-order chi connectivity index (χ0) is 13.8. The normalized spacial score (nSPS) is 13.9. The fourth-order valence-corrected chi connectivity index (χ4v) is 1.90. The van der Waals surface area contributed by atoms with Crippen LogP contribution in [0, 0.1) is 0 Å². The molecule has 0 aliphatic rings. The third kappa shape index (κ3) is 3.95. The van der Waals surface area contributed by atoms with Crippen molar-refractivity contribution in [1.29, 1.82) is 0 Å². The molecule has 0 saturated heterocycles. The summed E-state index contributed by atoms with van der Waals surface area (Å²) in [5.41, 5.74) is 0.481. The van der Waals surface area contributed by atoms with Gasteiger partial charge in [0, 0.05) is 17.1 Å². The molecule has 1 aromatic carbocycles. The number of rotatable bonds is 6. The van der Waals surface area contributed by atoms with Crippen molar-refractivity contribution in [2.75, 3.05) is 20.2 Å². The van der Waals surface area contributed by atoms with Crippen molar-refractivity contribution in [3.05, 3.63) is 34.9 Å². The number of nitrogens with zero attached hydrogens (tertiary/aromatic N) is 1. The first kappa shape index (κ1) is 15.4. The van der Waals surface area contributed by atoms with Crippen molar-refractivity contribution in [1.82, 2.24) is 4.90 Å². The summed E-state index contributed by atoms with van der Waals surface area (Å²) in [6, 6.07) is 7.33. The smallest absolute Gasteiger partial charge is 0.0816 e. The molecule has 3 nitrogen and oxygen atoms in total. The molecule has 0 bridgehead atoms. The third-order valence-electron chi connectivity index (χ3n) is 3.42. The zero-order valence-electron chi connectivity index (χ0n) is 11.2. The Morgan fingerprint density at radius 2 is 1.94 bits per heavy atom. The molecule has 0 heterocycles.